The normalized spacial score (nSPS) is 17.9. The van der Waals surface area contributed by atoms with Gasteiger partial charge in [0.2, 0.25) is 5.91 Å². The number of aromatic nitrogens is 1. The molecule has 1 saturated heterocycles. The van der Waals surface area contributed by atoms with Gasteiger partial charge in [0.25, 0.3) is 0 Å². The van der Waals surface area contributed by atoms with Crippen LogP contribution in [0, 0.1) is 0 Å². The molecule has 0 aliphatic carbocycles. The molecule has 0 spiro atoms. The molecule has 35 heavy (non-hydrogen) atoms. The number of benzene rings is 3. The Morgan fingerprint density at radius 2 is 1.60 bits per heavy atom. The molecule has 4 aromatic rings. The average molecular weight is 466 g/mol. The van der Waals surface area contributed by atoms with Crippen molar-refractivity contribution in [2.75, 3.05) is 18.0 Å². The van der Waals surface area contributed by atoms with Crippen LogP contribution in [-0.4, -0.2) is 28.9 Å². The first-order valence-corrected chi connectivity index (χ1v) is 12.9. The molecule has 0 bridgehead atoms. The Morgan fingerprint density at radius 3 is 2.34 bits per heavy atom. The predicted octanol–water partition coefficient (Wildman–Crippen LogP) is 6.66. The van der Waals surface area contributed by atoms with Gasteiger partial charge in [-0.25, -0.2) is 0 Å². The lowest BCUT2D eigenvalue weighted by Crippen LogP contribution is -2.43. The first-order chi connectivity index (χ1) is 17.1. The third kappa shape index (κ3) is 4.45. The summed E-state index contributed by atoms with van der Waals surface area (Å²) in [5.41, 5.74) is 5.81. The molecular formula is C31H35N3O. The summed E-state index contributed by atoms with van der Waals surface area (Å²) >= 11 is 0. The fourth-order valence-electron chi connectivity index (χ4n) is 5.77. The summed E-state index contributed by atoms with van der Waals surface area (Å²) in [6.45, 7) is 7.05. The van der Waals surface area contributed by atoms with Gasteiger partial charge in [-0.15, -0.1) is 0 Å². The zero-order valence-corrected chi connectivity index (χ0v) is 20.8. The van der Waals surface area contributed by atoms with Crippen LogP contribution in [0.4, 0.5) is 5.69 Å². The lowest BCUT2D eigenvalue weighted by molar-refractivity contribution is -0.132. The van der Waals surface area contributed by atoms with Crippen LogP contribution < -0.4 is 4.90 Å². The molecule has 1 fully saturated rings. The highest BCUT2D eigenvalue weighted by molar-refractivity contribution is 5.87. The van der Waals surface area contributed by atoms with Gasteiger partial charge in [0.05, 0.1) is 5.54 Å². The molecule has 1 unspecified atom stereocenters. The van der Waals surface area contributed by atoms with Crippen LogP contribution in [0.15, 0.2) is 85.1 Å². The fourth-order valence-corrected chi connectivity index (χ4v) is 5.77. The summed E-state index contributed by atoms with van der Waals surface area (Å²) in [7, 11) is 0. The summed E-state index contributed by atoms with van der Waals surface area (Å²) in [4.78, 5) is 21.3. The molecular weight excluding hydrogens is 430 g/mol. The van der Waals surface area contributed by atoms with Gasteiger partial charge in [0.15, 0.2) is 0 Å². The number of hydrogen-bond donors (Lipinski definition) is 1. The Morgan fingerprint density at radius 1 is 0.886 bits per heavy atom. The number of rotatable bonds is 9. The molecule has 1 aliphatic heterocycles. The first kappa shape index (κ1) is 23.2. The van der Waals surface area contributed by atoms with Gasteiger partial charge in [-0.05, 0) is 62.4 Å². The van der Waals surface area contributed by atoms with Crippen LogP contribution in [0.1, 0.15) is 49.8 Å². The smallest absolute Gasteiger partial charge is 0.223 e. The standard InChI is InChI=1S/C31H35N3O/c1-3-33(4-2)26-16-14-24(15-17-26)18-20-31(28-22-32-29-13-9-8-12-27(28)29)21-19-30(35)34(31)23-25-10-6-5-7-11-25/h5-17,22,32H,3-4,18-21,23H2,1-2H3. The maximum atomic E-state index is 13.3. The minimum absolute atomic E-state index is 0.246. The van der Waals surface area contributed by atoms with E-state index in [1.54, 1.807) is 0 Å². The molecule has 4 heteroatoms. The Labute approximate surface area is 208 Å². The summed E-state index contributed by atoms with van der Waals surface area (Å²) in [5.74, 6) is 0.246. The van der Waals surface area contributed by atoms with E-state index in [2.05, 4.69) is 108 Å². The molecule has 0 radical (unpaired) electrons. The van der Waals surface area contributed by atoms with Gasteiger partial charge in [-0.1, -0.05) is 60.7 Å². The zero-order chi connectivity index (χ0) is 24.3. The van der Waals surface area contributed by atoms with Crippen LogP contribution >= 0.6 is 0 Å². The van der Waals surface area contributed by atoms with Crippen molar-refractivity contribution in [3.8, 4) is 0 Å². The number of H-pyrrole nitrogens is 1. The number of anilines is 1. The van der Waals surface area contributed by atoms with Gasteiger partial charge < -0.3 is 14.8 Å². The van der Waals surface area contributed by atoms with E-state index in [4.69, 9.17) is 0 Å². The van der Waals surface area contributed by atoms with Crippen molar-refractivity contribution in [1.82, 2.24) is 9.88 Å². The number of aryl methyl sites for hydroxylation is 1. The number of para-hydroxylation sites is 1. The third-order valence-corrected chi connectivity index (χ3v) is 7.74. The van der Waals surface area contributed by atoms with E-state index in [1.807, 2.05) is 6.07 Å². The summed E-state index contributed by atoms with van der Waals surface area (Å²) in [5, 5.41) is 1.22. The van der Waals surface area contributed by atoms with Crippen LogP contribution in [0.5, 0.6) is 0 Å². The maximum absolute atomic E-state index is 13.3. The second-order valence-corrected chi connectivity index (χ2v) is 9.58. The highest BCUT2D eigenvalue weighted by Gasteiger charge is 2.47. The minimum atomic E-state index is -0.329. The van der Waals surface area contributed by atoms with Crippen LogP contribution in [0.25, 0.3) is 10.9 Å². The monoisotopic (exact) mass is 465 g/mol. The minimum Gasteiger partial charge on any atom is -0.372 e. The zero-order valence-electron chi connectivity index (χ0n) is 20.8. The number of hydrogen-bond acceptors (Lipinski definition) is 2. The molecule has 1 N–H and O–H groups in total. The number of amides is 1. The van der Waals surface area contributed by atoms with Gasteiger partial charge in [-0.2, -0.15) is 0 Å². The van der Waals surface area contributed by atoms with E-state index in [0.717, 1.165) is 37.9 Å². The van der Waals surface area contributed by atoms with E-state index in [1.165, 1.54) is 27.8 Å². The molecule has 2 heterocycles. The van der Waals surface area contributed by atoms with Crippen LogP contribution in [0.3, 0.4) is 0 Å². The van der Waals surface area contributed by atoms with E-state index in [9.17, 15) is 4.79 Å². The van der Waals surface area contributed by atoms with Crippen molar-refractivity contribution < 1.29 is 4.79 Å². The third-order valence-electron chi connectivity index (χ3n) is 7.74. The molecule has 1 amide bonds. The van der Waals surface area contributed by atoms with Crippen molar-refractivity contribution in [1.29, 1.82) is 0 Å². The molecule has 180 valence electrons. The van der Waals surface area contributed by atoms with Crippen molar-refractivity contribution >= 4 is 22.5 Å². The SMILES string of the molecule is CCN(CC)c1ccc(CCC2(c3c[nH]c4ccccc34)CCC(=O)N2Cc2ccccc2)cc1. The summed E-state index contributed by atoms with van der Waals surface area (Å²) in [6, 6.07) is 27.8. The number of carbonyl (C=O) groups is 1. The molecule has 1 aliphatic rings. The Kier molecular flexibility index (Phi) is 6.63. The van der Waals surface area contributed by atoms with Crippen molar-refractivity contribution in [3.63, 3.8) is 0 Å². The van der Waals surface area contributed by atoms with Gasteiger partial charge in [0.1, 0.15) is 0 Å². The van der Waals surface area contributed by atoms with E-state index >= 15 is 0 Å². The number of likely N-dealkylation sites (tertiary alicyclic amines) is 1. The fraction of sp³-hybridized carbons (Fsp3) is 0.323. The summed E-state index contributed by atoms with van der Waals surface area (Å²) in [6.07, 6.45) is 5.41. The molecule has 3 aromatic carbocycles. The van der Waals surface area contributed by atoms with E-state index in [0.29, 0.717) is 13.0 Å². The van der Waals surface area contributed by atoms with Gasteiger partial charge in [0, 0.05) is 54.4 Å². The average Bonchev–Trinajstić information content (AvgIpc) is 3.47. The molecule has 4 nitrogen and oxygen atoms in total. The number of carbonyl (C=O) groups excluding carboxylic acids is 1. The highest BCUT2D eigenvalue weighted by Crippen LogP contribution is 2.46. The Bertz CT molecular complexity index is 1270. The van der Waals surface area contributed by atoms with Gasteiger partial charge in [-0.3, -0.25) is 4.79 Å². The Balaban J connectivity index is 1.50. The van der Waals surface area contributed by atoms with Crippen molar-refractivity contribution in [2.24, 2.45) is 0 Å². The number of nitrogens with zero attached hydrogens (tertiary/aromatic N) is 2. The molecule has 1 aromatic heterocycles. The van der Waals surface area contributed by atoms with Crippen LogP contribution in [-0.2, 0) is 23.3 Å². The Hall–Kier alpha value is -3.53. The molecule has 5 rings (SSSR count). The lowest BCUT2D eigenvalue weighted by atomic mass is 9.81. The highest BCUT2D eigenvalue weighted by atomic mass is 16.2. The van der Waals surface area contributed by atoms with Crippen molar-refractivity contribution in [3.05, 3.63) is 102 Å². The second-order valence-electron chi connectivity index (χ2n) is 9.58. The second kappa shape index (κ2) is 9.99. The predicted molar refractivity (Wildman–Crippen MR) is 145 cm³/mol. The molecule has 1 atom stereocenters. The van der Waals surface area contributed by atoms with Gasteiger partial charge >= 0.3 is 0 Å². The number of nitrogens with one attached hydrogen (secondary N) is 1. The largest absolute Gasteiger partial charge is 0.372 e. The first-order valence-electron chi connectivity index (χ1n) is 12.9. The van der Waals surface area contributed by atoms with Crippen molar-refractivity contribution in [2.45, 2.75) is 51.6 Å². The maximum Gasteiger partial charge on any atom is 0.223 e. The van der Waals surface area contributed by atoms with Crippen LogP contribution in [0.2, 0.25) is 0 Å². The number of fused-ring (bicyclic) bond motifs is 1. The lowest BCUT2D eigenvalue weighted by Gasteiger charge is -2.39. The number of aromatic amines is 1. The quantitative estimate of drug-likeness (QED) is 0.300. The molecule has 0 saturated carbocycles. The van der Waals surface area contributed by atoms with E-state index in [-0.39, 0.29) is 11.4 Å². The summed E-state index contributed by atoms with van der Waals surface area (Å²) < 4.78 is 0. The van der Waals surface area contributed by atoms with E-state index < -0.39 is 0 Å². The topological polar surface area (TPSA) is 39.3 Å².